The summed E-state index contributed by atoms with van der Waals surface area (Å²) in [7, 11) is 0. The van der Waals surface area contributed by atoms with Crippen molar-refractivity contribution in [2.75, 3.05) is 4.43 Å². The zero-order valence-electron chi connectivity index (χ0n) is 11.8. The summed E-state index contributed by atoms with van der Waals surface area (Å²) in [4.78, 5) is 0. The Balaban J connectivity index is 4.59. The van der Waals surface area contributed by atoms with Gasteiger partial charge in [0, 0.05) is 17.1 Å². The molecule has 0 aliphatic carbocycles. The van der Waals surface area contributed by atoms with E-state index in [0.29, 0.717) is 5.92 Å². The van der Waals surface area contributed by atoms with E-state index in [1.54, 1.807) is 0 Å². The fourth-order valence-electron chi connectivity index (χ4n) is 1.56. The molecule has 0 aliphatic rings. The number of hydrogen-bond acceptors (Lipinski definition) is 2. The first kappa shape index (κ1) is 18.4. The van der Waals surface area contributed by atoms with E-state index in [1.165, 1.54) is 22.0 Å². The standard InChI is InChI=1S/C14H24I2N2/c1-6-11(2)13(12(3)7-9-15)8-10-17-18-14(4,5)16/h6,10,12,18H,1,7-9H2,2-5H3/b13-11-,17-10+/t12-/m0/s1. The molecule has 104 valence electrons. The minimum absolute atomic E-state index is 0.000551. The fourth-order valence-corrected chi connectivity index (χ4v) is 2.64. The summed E-state index contributed by atoms with van der Waals surface area (Å²) in [6, 6.07) is 0. The smallest absolute Gasteiger partial charge is 0.0999 e. The van der Waals surface area contributed by atoms with E-state index < -0.39 is 0 Å². The minimum atomic E-state index is -0.000551. The number of allylic oxidation sites excluding steroid dienone is 3. The van der Waals surface area contributed by atoms with E-state index in [-0.39, 0.29) is 3.55 Å². The second-order valence-electron chi connectivity index (χ2n) is 4.89. The van der Waals surface area contributed by atoms with Crippen LogP contribution in [0.3, 0.4) is 0 Å². The van der Waals surface area contributed by atoms with Gasteiger partial charge in [0.25, 0.3) is 0 Å². The number of nitrogens with zero attached hydrogens (tertiary/aromatic N) is 1. The first-order chi connectivity index (χ1) is 8.31. The van der Waals surface area contributed by atoms with E-state index in [4.69, 9.17) is 0 Å². The molecule has 0 aromatic heterocycles. The van der Waals surface area contributed by atoms with Crippen molar-refractivity contribution in [3.8, 4) is 0 Å². The van der Waals surface area contributed by atoms with Crippen LogP contribution in [-0.4, -0.2) is 14.2 Å². The Morgan fingerprint density at radius 3 is 2.56 bits per heavy atom. The summed E-state index contributed by atoms with van der Waals surface area (Å²) in [6.45, 7) is 12.5. The van der Waals surface area contributed by atoms with Crippen LogP contribution in [0.15, 0.2) is 28.9 Å². The van der Waals surface area contributed by atoms with Crippen molar-refractivity contribution < 1.29 is 0 Å². The van der Waals surface area contributed by atoms with Crippen LogP contribution in [0.1, 0.15) is 40.5 Å². The molecular formula is C14H24I2N2. The molecule has 0 bridgehead atoms. The number of nitrogens with one attached hydrogen (secondary N) is 1. The molecule has 0 saturated heterocycles. The van der Waals surface area contributed by atoms with Gasteiger partial charge in [-0.05, 0) is 33.1 Å². The molecule has 0 spiro atoms. The molecule has 0 aliphatic heterocycles. The highest BCUT2D eigenvalue weighted by atomic mass is 127. The van der Waals surface area contributed by atoms with Crippen molar-refractivity contribution in [2.45, 2.75) is 44.1 Å². The molecule has 1 N–H and O–H groups in total. The molecule has 1 atom stereocenters. The maximum absolute atomic E-state index is 4.29. The lowest BCUT2D eigenvalue weighted by Crippen LogP contribution is -2.27. The van der Waals surface area contributed by atoms with Crippen LogP contribution < -0.4 is 5.43 Å². The minimum Gasteiger partial charge on any atom is -0.295 e. The highest BCUT2D eigenvalue weighted by Crippen LogP contribution is 2.22. The van der Waals surface area contributed by atoms with Gasteiger partial charge in [-0.2, -0.15) is 5.10 Å². The average molecular weight is 474 g/mol. The van der Waals surface area contributed by atoms with Crippen LogP contribution in [0.2, 0.25) is 0 Å². The molecule has 18 heavy (non-hydrogen) atoms. The third-order valence-electron chi connectivity index (χ3n) is 2.68. The number of hydrogen-bond donors (Lipinski definition) is 1. The molecule has 0 amide bonds. The lowest BCUT2D eigenvalue weighted by molar-refractivity contribution is 0.595. The molecule has 0 saturated carbocycles. The molecule has 4 heteroatoms. The Labute approximate surface area is 139 Å². The quantitative estimate of drug-likeness (QED) is 0.130. The number of alkyl halides is 2. The molecule has 0 heterocycles. The van der Waals surface area contributed by atoms with Crippen LogP contribution in [0.25, 0.3) is 0 Å². The average Bonchev–Trinajstić information content (AvgIpc) is 2.27. The molecule has 0 aromatic carbocycles. The van der Waals surface area contributed by atoms with E-state index in [0.717, 1.165) is 6.42 Å². The van der Waals surface area contributed by atoms with Crippen LogP contribution in [0.4, 0.5) is 0 Å². The Bertz CT molecular complexity index is 314. The third kappa shape index (κ3) is 8.50. The molecule has 2 nitrogen and oxygen atoms in total. The van der Waals surface area contributed by atoms with Gasteiger partial charge in [0.1, 0.15) is 0 Å². The van der Waals surface area contributed by atoms with Gasteiger partial charge in [-0.1, -0.05) is 75.9 Å². The van der Waals surface area contributed by atoms with Gasteiger partial charge in [0.05, 0.1) is 3.55 Å². The summed E-state index contributed by atoms with van der Waals surface area (Å²) >= 11 is 4.76. The maximum atomic E-state index is 4.29. The number of rotatable bonds is 8. The summed E-state index contributed by atoms with van der Waals surface area (Å²) in [5, 5.41) is 4.29. The molecule has 0 aromatic rings. The van der Waals surface area contributed by atoms with E-state index >= 15 is 0 Å². The van der Waals surface area contributed by atoms with Gasteiger partial charge in [-0.25, -0.2) is 0 Å². The van der Waals surface area contributed by atoms with Crippen LogP contribution in [0, 0.1) is 5.92 Å². The highest BCUT2D eigenvalue weighted by Gasteiger charge is 2.11. The Hall–Kier alpha value is 0.410. The van der Waals surface area contributed by atoms with Crippen molar-refractivity contribution in [3.63, 3.8) is 0 Å². The Morgan fingerprint density at radius 2 is 2.11 bits per heavy atom. The Morgan fingerprint density at radius 1 is 1.50 bits per heavy atom. The van der Waals surface area contributed by atoms with E-state index in [9.17, 15) is 0 Å². The topological polar surface area (TPSA) is 24.4 Å². The normalized spacial score (nSPS) is 15.4. The van der Waals surface area contributed by atoms with Crippen LogP contribution in [-0.2, 0) is 0 Å². The summed E-state index contributed by atoms with van der Waals surface area (Å²) < 4.78 is 1.18. The van der Waals surface area contributed by atoms with Crippen molar-refractivity contribution in [1.82, 2.24) is 5.43 Å². The van der Waals surface area contributed by atoms with Gasteiger partial charge in [0.2, 0.25) is 0 Å². The molecule has 0 radical (unpaired) electrons. The van der Waals surface area contributed by atoms with E-state index in [1.807, 2.05) is 12.3 Å². The number of hydrazone groups is 1. The molecular weight excluding hydrogens is 450 g/mol. The van der Waals surface area contributed by atoms with Crippen molar-refractivity contribution >= 4 is 51.4 Å². The largest absolute Gasteiger partial charge is 0.295 e. The fraction of sp³-hybridized carbons (Fsp3) is 0.643. The number of halogens is 2. The van der Waals surface area contributed by atoms with Gasteiger partial charge >= 0.3 is 0 Å². The lowest BCUT2D eigenvalue weighted by atomic mass is 9.92. The van der Waals surface area contributed by atoms with Crippen LogP contribution in [0.5, 0.6) is 0 Å². The van der Waals surface area contributed by atoms with Crippen molar-refractivity contribution in [2.24, 2.45) is 11.0 Å². The molecule has 0 rings (SSSR count). The Kier molecular flexibility index (Phi) is 9.55. The molecule has 0 fully saturated rings. The van der Waals surface area contributed by atoms with Crippen molar-refractivity contribution in [1.29, 1.82) is 0 Å². The van der Waals surface area contributed by atoms with Crippen LogP contribution >= 0.6 is 45.2 Å². The molecule has 0 unspecified atom stereocenters. The SMILES string of the molecule is C=C/C(C)=C(/C/C=N/NC(C)(C)I)[C@@H](C)CCI. The third-order valence-corrected chi connectivity index (χ3v) is 3.55. The zero-order valence-corrected chi connectivity index (χ0v) is 16.1. The zero-order chi connectivity index (χ0) is 14.2. The first-order valence-corrected chi connectivity index (χ1v) is 8.78. The van der Waals surface area contributed by atoms with Gasteiger partial charge in [-0.3, -0.25) is 5.43 Å². The predicted molar refractivity (Wildman–Crippen MR) is 99.9 cm³/mol. The van der Waals surface area contributed by atoms with Gasteiger partial charge < -0.3 is 0 Å². The van der Waals surface area contributed by atoms with Crippen molar-refractivity contribution in [3.05, 3.63) is 23.8 Å². The van der Waals surface area contributed by atoms with Gasteiger partial charge in [0.15, 0.2) is 0 Å². The summed E-state index contributed by atoms with van der Waals surface area (Å²) in [5.41, 5.74) is 5.84. The lowest BCUT2D eigenvalue weighted by Gasteiger charge is -2.17. The van der Waals surface area contributed by atoms with Gasteiger partial charge in [-0.15, -0.1) is 0 Å². The summed E-state index contributed by atoms with van der Waals surface area (Å²) in [5.74, 6) is 0.596. The highest BCUT2D eigenvalue weighted by molar-refractivity contribution is 14.1. The summed E-state index contributed by atoms with van der Waals surface area (Å²) in [6.07, 6.45) is 6.02. The maximum Gasteiger partial charge on any atom is 0.0999 e. The second-order valence-corrected chi connectivity index (χ2v) is 8.67. The monoisotopic (exact) mass is 474 g/mol. The first-order valence-electron chi connectivity index (χ1n) is 6.17. The predicted octanol–water partition coefficient (Wildman–Crippen LogP) is 5.09. The second kappa shape index (κ2) is 9.34. The van der Waals surface area contributed by atoms with E-state index in [2.05, 4.69) is 90.0 Å².